The van der Waals surface area contributed by atoms with Crippen LogP contribution in [0.15, 0.2) is 18.6 Å². The minimum absolute atomic E-state index is 0.0143. The van der Waals surface area contributed by atoms with Gasteiger partial charge in [0.15, 0.2) is 0 Å². The highest BCUT2D eigenvalue weighted by atomic mass is 16.7. The van der Waals surface area contributed by atoms with Crippen LogP contribution in [-0.2, 0) is 18.8 Å². The van der Waals surface area contributed by atoms with Gasteiger partial charge in [-0.2, -0.15) is 0 Å². The van der Waals surface area contributed by atoms with Crippen molar-refractivity contribution in [3.05, 3.63) is 24.3 Å². The zero-order valence-corrected chi connectivity index (χ0v) is 23.5. The molecule has 2 N–H and O–H groups in total. The molecule has 5 rings (SSSR count). The number of amides is 2. The predicted octanol–water partition coefficient (Wildman–Crippen LogP) is 3.19. The first-order valence-electron chi connectivity index (χ1n) is 13.5. The molecule has 3 saturated carbocycles. The number of rotatable bonds is 9. The Morgan fingerprint density at radius 2 is 1.92 bits per heavy atom. The summed E-state index contributed by atoms with van der Waals surface area (Å²) in [5.74, 6) is 0.191. The maximum absolute atomic E-state index is 13.6. The third kappa shape index (κ3) is 5.86. The van der Waals surface area contributed by atoms with Crippen LogP contribution in [0.25, 0.3) is 0 Å². The van der Waals surface area contributed by atoms with Crippen molar-refractivity contribution < 1.29 is 23.6 Å². The first-order chi connectivity index (χ1) is 17.2. The standard InChI is InChI=1S/C27H43BN4O5/c1-16(2)11-22(28-36-21-13-17-12-20(26(17,6)7)27(21,8)37-28)32-24(34)19(15-35-25(3,4)5)31-23(33)18-14-29-9-10-30-18/h9-10,14,16-17,19-22H,11-13,15H2,1-8H3,(H,31,33)(H,32,34)/t17-,19-,20-,21+,22-,27-/m0/s1. The molecule has 0 spiro atoms. The van der Waals surface area contributed by atoms with E-state index >= 15 is 0 Å². The van der Waals surface area contributed by atoms with Gasteiger partial charge in [0.2, 0.25) is 5.91 Å². The smallest absolute Gasteiger partial charge is 0.404 e. The molecule has 4 aliphatic rings. The van der Waals surface area contributed by atoms with Crippen LogP contribution in [0.3, 0.4) is 0 Å². The number of carbonyl (C=O) groups is 2. The molecule has 9 nitrogen and oxygen atoms in total. The normalized spacial score (nSPS) is 29.8. The quantitative estimate of drug-likeness (QED) is 0.487. The van der Waals surface area contributed by atoms with Gasteiger partial charge in [0.25, 0.3) is 5.91 Å². The highest BCUT2D eigenvalue weighted by Gasteiger charge is 2.68. The van der Waals surface area contributed by atoms with Crippen molar-refractivity contribution in [1.82, 2.24) is 20.6 Å². The van der Waals surface area contributed by atoms with Gasteiger partial charge in [-0.05, 0) is 70.1 Å². The van der Waals surface area contributed by atoms with Crippen molar-refractivity contribution in [3.8, 4) is 0 Å². The predicted molar refractivity (Wildman–Crippen MR) is 140 cm³/mol. The Balaban J connectivity index is 1.49. The Morgan fingerprint density at radius 1 is 1.19 bits per heavy atom. The van der Waals surface area contributed by atoms with E-state index in [0.717, 1.165) is 12.8 Å². The lowest BCUT2D eigenvalue weighted by molar-refractivity contribution is -0.199. The average Bonchev–Trinajstić information content (AvgIpc) is 3.17. The van der Waals surface area contributed by atoms with Gasteiger partial charge in [0.05, 0.1) is 36.1 Å². The minimum atomic E-state index is -0.922. The number of hydrogen-bond donors (Lipinski definition) is 2. The molecule has 2 heterocycles. The molecule has 1 aliphatic heterocycles. The summed E-state index contributed by atoms with van der Waals surface area (Å²) in [5, 5.41) is 5.92. The van der Waals surface area contributed by atoms with Gasteiger partial charge >= 0.3 is 7.12 Å². The Morgan fingerprint density at radius 3 is 2.51 bits per heavy atom. The summed E-state index contributed by atoms with van der Waals surface area (Å²) in [6.45, 7) is 16.8. The van der Waals surface area contributed by atoms with Gasteiger partial charge in [0, 0.05) is 12.4 Å². The Labute approximate surface area is 221 Å². The molecule has 10 heteroatoms. The molecular weight excluding hydrogens is 471 g/mol. The lowest BCUT2D eigenvalue weighted by atomic mass is 9.43. The third-order valence-electron chi connectivity index (χ3n) is 8.45. The van der Waals surface area contributed by atoms with Crippen LogP contribution in [0.4, 0.5) is 0 Å². The van der Waals surface area contributed by atoms with Crippen molar-refractivity contribution in [1.29, 1.82) is 0 Å². The second-order valence-corrected chi connectivity index (χ2v) is 13.1. The Bertz CT molecular complexity index is 985. The molecule has 1 aromatic rings. The van der Waals surface area contributed by atoms with Gasteiger partial charge < -0.3 is 24.7 Å². The lowest BCUT2D eigenvalue weighted by Gasteiger charge is -2.64. The van der Waals surface area contributed by atoms with Crippen LogP contribution >= 0.6 is 0 Å². The SMILES string of the molecule is CC(C)C[C@H](NC(=O)[C@H](COC(C)(C)C)NC(=O)c1cnccn1)B1O[C@@H]2C[C@@H]3C[C@@H](C3(C)C)[C@]2(C)O1. The van der Waals surface area contributed by atoms with E-state index in [0.29, 0.717) is 24.2 Å². The lowest BCUT2D eigenvalue weighted by Crippen LogP contribution is -2.65. The van der Waals surface area contributed by atoms with E-state index in [9.17, 15) is 9.59 Å². The number of ether oxygens (including phenoxy) is 1. The fraction of sp³-hybridized carbons (Fsp3) is 0.778. The maximum atomic E-state index is 13.6. The Kier molecular flexibility index (Phi) is 7.76. The van der Waals surface area contributed by atoms with E-state index in [1.165, 1.54) is 18.6 Å². The van der Waals surface area contributed by atoms with Gasteiger partial charge in [-0.15, -0.1) is 0 Å². The van der Waals surface area contributed by atoms with Crippen LogP contribution in [0.2, 0.25) is 0 Å². The monoisotopic (exact) mass is 514 g/mol. The van der Waals surface area contributed by atoms with Gasteiger partial charge in [-0.25, -0.2) is 4.98 Å². The van der Waals surface area contributed by atoms with Crippen LogP contribution in [0.1, 0.15) is 85.1 Å². The molecule has 0 unspecified atom stereocenters. The van der Waals surface area contributed by atoms with Crippen molar-refractivity contribution in [2.75, 3.05) is 6.61 Å². The zero-order chi connectivity index (χ0) is 27.2. The fourth-order valence-corrected chi connectivity index (χ4v) is 6.27. The third-order valence-corrected chi connectivity index (χ3v) is 8.45. The molecule has 6 atom stereocenters. The number of nitrogens with one attached hydrogen (secondary N) is 2. The second-order valence-electron chi connectivity index (χ2n) is 13.1. The number of nitrogens with zero attached hydrogens (tertiary/aromatic N) is 2. The molecule has 2 amide bonds. The largest absolute Gasteiger partial charge is 0.481 e. The van der Waals surface area contributed by atoms with Crippen molar-refractivity contribution in [3.63, 3.8) is 0 Å². The van der Waals surface area contributed by atoms with E-state index in [1.54, 1.807) is 0 Å². The van der Waals surface area contributed by atoms with Crippen LogP contribution in [0.5, 0.6) is 0 Å². The second kappa shape index (κ2) is 10.3. The van der Waals surface area contributed by atoms with Gasteiger partial charge in [-0.1, -0.05) is 27.7 Å². The van der Waals surface area contributed by atoms with Crippen LogP contribution in [0, 0.1) is 23.2 Å². The fourth-order valence-electron chi connectivity index (χ4n) is 6.27. The van der Waals surface area contributed by atoms with Crippen molar-refractivity contribution in [2.45, 2.75) is 104 Å². The van der Waals surface area contributed by atoms with Crippen molar-refractivity contribution in [2.24, 2.45) is 23.2 Å². The summed E-state index contributed by atoms with van der Waals surface area (Å²) in [6, 6.07) is -0.922. The molecular formula is C27H43BN4O5. The van der Waals surface area contributed by atoms with Gasteiger partial charge in [-0.3, -0.25) is 14.6 Å². The van der Waals surface area contributed by atoms with E-state index in [1.807, 2.05) is 20.8 Å². The van der Waals surface area contributed by atoms with Gasteiger partial charge in [0.1, 0.15) is 11.7 Å². The highest BCUT2D eigenvalue weighted by molar-refractivity contribution is 6.48. The molecule has 2 bridgehead atoms. The number of aromatic nitrogens is 2. The highest BCUT2D eigenvalue weighted by Crippen LogP contribution is 2.65. The topological polar surface area (TPSA) is 112 Å². The molecule has 4 fully saturated rings. The van der Waals surface area contributed by atoms with Crippen LogP contribution in [-0.4, -0.2) is 64.8 Å². The van der Waals surface area contributed by atoms with E-state index in [-0.39, 0.29) is 41.3 Å². The summed E-state index contributed by atoms with van der Waals surface area (Å²) in [4.78, 5) is 34.4. The molecule has 37 heavy (non-hydrogen) atoms. The molecule has 3 aliphatic carbocycles. The summed E-state index contributed by atoms with van der Waals surface area (Å²) in [6.07, 6.45) is 7.15. The first-order valence-corrected chi connectivity index (χ1v) is 13.5. The summed E-state index contributed by atoms with van der Waals surface area (Å²) < 4.78 is 19.1. The van der Waals surface area contributed by atoms with E-state index in [2.05, 4.69) is 55.2 Å². The molecule has 1 saturated heterocycles. The molecule has 204 valence electrons. The number of carbonyl (C=O) groups excluding carboxylic acids is 2. The number of hydrogen-bond acceptors (Lipinski definition) is 7. The maximum Gasteiger partial charge on any atom is 0.481 e. The Hall–Kier alpha value is -2.04. The molecule has 1 aromatic heterocycles. The van der Waals surface area contributed by atoms with E-state index < -0.39 is 24.7 Å². The summed E-state index contributed by atoms with van der Waals surface area (Å²) >= 11 is 0. The molecule has 0 radical (unpaired) electrons. The van der Waals surface area contributed by atoms with Crippen molar-refractivity contribution >= 4 is 18.9 Å². The first kappa shape index (κ1) is 28.0. The summed E-state index contributed by atoms with van der Waals surface area (Å²) in [7, 11) is -0.545. The molecule has 0 aromatic carbocycles. The average molecular weight is 514 g/mol. The minimum Gasteiger partial charge on any atom is -0.404 e. The van der Waals surface area contributed by atoms with Crippen LogP contribution < -0.4 is 10.6 Å². The summed E-state index contributed by atoms with van der Waals surface area (Å²) in [5.41, 5.74) is -0.475. The van der Waals surface area contributed by atoms with E-state index in [4.69, 9.17) is 14.0 Å². The zero-order valence-electron chi connectivity index (χ0n) is 23.5.